The van der Waals surface area contributed by atoms with Gasteiger partial charge in [-0.25, -0.2) is 4.39 Å². The molecule has 3 heteroatoms. The van der Waals surface area contributed by atoms with Gasteiger partial charge in [0.15, 0.2) is 11.6 Å². The van der Waals surface area contributed by atoms with E-state index in [2.05, 4.69) is 0 Å². The fraction of sp³-hybridized carbons (Fsp3) is 0.0769. The highest BCUT2D eigenvalue weighted by atomic mass is 19.1. The first-order valence-electron chi connectivity index (χ1n) is 4.90. The zero-order valence-corrected chi connectivity index (χ0v) is 8.91. The first-order chi connectivity index (χ1) is 7.70. The van der Waals surface area contributed by atoms with Crippen molar-refractivity contribution in [1.29, 1.82) is 0 Å². The predicted molar refractivity (Wildman–Crippen MR) is 62.8 cm³/mol. The largest absolute Gasteiger partial charge is 0.494 e. The summed E-state index contributed by atoms with van der Waals surface area (Å²) in [6.45, 7) is 0. The zero-order chi connectivity index (χ0) is 11.5. The molecule has 82 valence electrons. The molecule has 16 heavy (non-hydrogen) atoms. The van der Waals surface area contributed by atoms with Crippen LogP contribution in [0.25, 0.3) is 11.1 Å². The van der Waals surface area contributed by atoms with Crippen molar-refractivity contribution in [3.63, 3.8) is 0 Å². The second kappa shape index (κ2) is 4.23. The molecule has 0 heterocycles. The summed E-state index contributed by atoms with van der Waals surface area (Å²) in [5.74, 6) is -0.130. The van der Waals surface area contributed by atoms with Crippen molar-refractivity contribution in [1.82, 2.24) is 0 Å². The summed E-state index contributed by atoms with van der Waals surface area (Å²) >= 11 is 0. The van der Waals surface area contributed by atoms with E-state index in [1.165, 1.54) is 13.2 Å². The Morgan fingerprint density at radius 2 is 1.81 bits per heavy atom. The van der Waals surface area contributed by atoms with Crippen molar-refractivity contribution in [2.45, 2.75) is 0 Å². The summed E-state index contributed by atoms with van der Waals surface area (Å²) in [6.07, 6.45) is 0. The van der Waals surface area contributed by atoms with E-state index >= 15 is 0 Å². The zero-order valence-electron chi connectivity index (χ0n) is 8.91. The fourth-order valence-corrected chi connectivity index (χ4v) is 1.56. The summed E-state index contributed by atoms with van der Waals surface area (Å²) < 4.78 is 18.1. The topological polar surface area (TPSA) is 35.2 Å². The molecule has 0 saturated carbocycles. The van der Waals surface area contributed by atoms with Crippen LogP contribution in [0.4, 0.5) is 10.1 Å². The van der Waals surface area contributed by atoms with Crippen molar-refractivity contribution in [3.05, 3.63) is 48.3 Å². The minimum atomic E-state index is -0.366. The Bertz CT molecular complexity index is 511. The lowest BCUT2D eigenvalue weighted by Gasteiger charge is -2.06. The molecule has 2 aromatic carbocycles. The summed E-state index contributed by atoms with van der Waals surface area (Å²) in [6, 6.07) is 12.2. The molecule has 2 aromatic rings. The van der Waals surface area contributed by atoms with Crippen LogP contribution in [0.3, 0.4) is 0 Å². The molecule has 2 N–H and O–H groups in total. The molecule has 2 nitrogen and oxygen atoms in total. The van der Waals surface area contributed by atoms with Crippen LogP contribution in [-0.2, 0) is 0 Å². The van der Waals surface area contributed by atoms with E-state index in [9.17, 15) is 4.39 Å². The summed E-state index contributed by atoms with van der Waals surface area (Å²) in [7, 11) is 1.45. The normalized spacial score (nSPS) is 10.1. The Hall–Kier alpha value is -2.03. The first kappa shape index (κ1) is 10.5. The molecule has 0 unspecified atom stereocenters. The van der Waals surface area contributed by atoms with Crippen LogP contribution in [0.2, 0.25) is 0 Å². The van der Waals surface area contributed by atoms with Gasteiger partial charge in [0.2, 0.25) is 0 Å². The van der Waals surface area contributed by atoms with E-state index in [1.54, 1.807) is 12.1 Å². The van der Waals surface area contributed by atoms with E-state index in [0.29, 0.717) is 5.69 Å². The second-order valence-electron chi connectivity index (χ2n) is 3.47. The van der Waals surface area contributed by atoms with Crippen LogP contribution in [0.5, 0.6) is 5.75 Å². The van der Waals surface area contributed by atoms with Gasteiger partial charge in [-0.2, -0.15) is 0 Å². The molecule has 0 aliphatic carbocycles. The van der Waals surface area contributed by atoms with Gasteiger partial charge in [0, 0.05) is 5.69 Å². The molecule has 0 aliphatic heterocycles. The molecule has 0 aromatic heterocycles. The molecule has 0 bridgehead atoms. The average Bonchev–Trinajstić information content (AvgIpc) is 2.29. The third kappa shape index (κ3) is 1.98. The standard InChI is InChI=1S/C13H12FNO/c1-16-13-8-10(5-6-12(13)14)9-3-2-4-11(15)7-9/h2-8H,15H2,1H3. The van der Waals surface area contributed by atoms with Gasteiger partial charge in [0.25, 0.3) is 0 Å². The van der Waals surface area contributed by atoms with Crippen LogP contribution in [0.1, 0.15) is 0 Å². The van der Waals surface area contributed by atoms with Crippen molar-refractivity contribution >= 4 is 5.69 Å². The SMILES string of the molecule is COc1cc(-c2cccc(N)c2)ccc1F. The highest BCUT2D eigenvalue weighted by Crippen LogP contribution is 2.27. The Kier molecular flexibility index (Phi) is 2.77. The van der Waals surface area contributed by atoms with Gasteiger partial charge in [0.1, 0.15) is 0 Å². The number of benzene rings is 2. The molecule has 0 amide bonds. The molecule has 0 radical (unpaired) electrons. The Morgan fingerprint density at radius 3 is 2.50 bits per heavy atom. The molecule has 0 fully saturated rings. The number of anilines is 1. The number of halogens is 1. The number of hydrogen-bond acceptors (Lipinski definition) is 2. The number of hydrogen-bond donors (Lipinski definition) is 1. The molecule has 0 spiro atoms. The molecular formula is C13H12FNO. The van der Waals surface area contributed by atoms with Gasteiger partial charge in [-0.1, -0.05) is 18.2 Å². The number of nitrogen functional groups attached to an aromatic ring is 1. The number of ether oxygens (including phenoxy) is 1. The Morgan fingerprint density at radius 1 is 1.06 bits per heavy atom. The highest BCUT2D eigenvalue weighted by molar-refractivity contribution is 5.68. The van der Waals surface area contributed by atoms with E-state index in [-0.39, 0.29) is 11.6 Å². The maximum absolute atomic E-state index is 13.2. The second-order valence-corrected chi connectivity index (χ2v) is 3.47. The average molecular weight is 217 g/mol. The van der Waals surface area contributed by atoms with Crippen molar-refractivity contribution in [3.8, 4) is 16.9 Å². The summed E-state index contributed by atoms with van der Waals surface area (Å²) in [5.41, 5.74) is 8.20. The van der Waals surface area contributed by atoms with Crippen molar-refractivity contribution in [2.75, 3.05) is 12.8 Å². The maximum Gasteiger partial charge on any atom is 0.165 e. The van der Waals surface area contributed by atoms with Crippen LogP contribution >= 0.6 is 0 Å². The van der Waals surface area contributed by atoms with Gasteiger partial charge in [-0.15, -0.1) is 0 Å². The first-order valence-corrected chi connectivity index (χ1v) is 4.90. The van der Waals surface area contributed by atoms with E-state index in [1.807, 2.05) is 24.3 Å². The highest BCUT2D eigenvalue weighted by Gasteiger charge is 2.05. The van der Waals surface area contributed by atoms with E-state index in [4.69, 9.17) is 10.5 Å². The lowest BCUT2D eigenvalue weighted by atomic mass is 10.0. The fourth-order valence-electron chi connectivity index (χ4n) is 1.56. The van der Waals surface area contributed by atoms with Gasteiger partial charge in [-0.05, 0) is 35.4 Å². The molecule has 2 rings (SSSR count). The Labute approximate surface area is 93.5 Å². The third-order valence-corrected chi connectivity index (χ3v) is 2.37. The van der Waals surface area contributed by atoms with E-state index < -0.39 is 0 Å². The minimum Gasteiger partial charge on any atom is -0.494 e. The molecule has 0 atom stereocenters. The molecular weight excluding hydrogens is 205 g/mol. The molecule has 0 saturated heterocycles. The quantitative estimate of drug-likeness (QED) is 0.784. The lowest BCUT2D eigenvalue weighted by Crippen LogP contribution is -1.89. The lowest BCUT2D eigenvalue weighted by molar-refractivity contribution is 0.387. The molecule has 0 aliphatic rings. The van der Waals surface area contributed by atoms with Crippen molar-refractivity contribution < 1.29 is 9.13 Å². The van der Waals surface area contributed by atoms with Crippen LogP contribution < -0.4 is 10.5 Å². The minimum absolute atomic E-state index is 0.236. The number of methoxy groups -OCH3 is 1. The van der Waals surface area contributed by atoms with Crippen LogP contribution in [0, 0.1) is 5.82 Å². The van der Waals surface area contributed by atoms with E-state index in [0.717, 1.165) is 11.1 Å². The van der Waals surface area contributed by atoms with Crippen LogP contribution in [0.15, 0.2) is 42.5 Å². The smallest absolute Gasteiger partial charge is 0.165 e. The van der Waals surface area contributed by atoms with Crippen LogP contribution in [-0.4, -0.2) is 7.11 Å². The van der Waals surface area contributed by atoms with Gasteiger partial charge in [0.05, 0.1) is 7.11 Å². The Balaban J connectivity index is 2.48. The predicted octanol–water partition coefficient (Wildman–Crippen LogP) is 3.08. The monoisotopic (exact) mass is 217 g/mol. The summed E-state index contributed by atoms with van der Waals surface area (Å²) in [5, 5.41) is 0. The van der Waals surface area contributed by atoms with Crippen molar-refractivity contribution in [2.24, 2.45) is 0 Å². The number of rotatable bonds is 2. The summed E-state index contributed by atoms with van der Waals surface area (Å²) in [4.78, 5) is 0. The third-order valence-electron chi connectivity index (χ3n) is 2.37. The van der Waals surface area contributed by atoms with Gasteiger partial charge in [-0.3, -0.25) is 0 Å². The van der Waals surface area contributed by atoms with Gasteiger partial charge < -0.3 is 10.5 Å². The number of nitrogens with two attached hydrogens (primary N) is 1. The maximum atomic E-state index is 13.2. The van der Waals surface area contributed by atoms with Gasteiger partial charge >= 0.3 is 0 Å².